The van der Waals surface area contributed by atoms with Crippen LogP contribution in [0.5, 0.6) is 0 Å². The summed E-state index contributed by atoms with van der Waals surface area (Å²) >= 11 is 3.10. The number of ether oxygens (including phenoxy) is 8. The number of aliphatic hydroxyl groups is 10. The number of hydrogen-bond acceptors (Lipinski definition) is 23. The van der Waals surface area contributed by atoms with Crippen molar-refractivity contribution >= 4 is 29.4 Å². The number of nitrogens with one attached hydrogen (secondary N) is 2. The predicted molar refractivity (Wildman–Crippen MR) is 244 cm³/mol. The SMILES string of the molecule is C=C(CCSCC1O[C@@H]2OC3C(CO)O[C@H](OCCCCC1[C@H](O)C2O)C(O)[C@H]3O)NCN(CNC(=C)CCSCC1O[C@@H]2OC3C(CO)O[C@H](OCCCCC1[C@H](O)C2O)C(O)[C@H]3O)C(C)=O. The Morgan fingerprint density at radius 1 is 0.544 bits per heavy atom. The van der Waals surface area contributed by atoms with Crippen LogP contribution in [0.3, 0.4) is 0 Å². The molecule has 12 fully saturated rings. The Bertz CT molecular complexity index is 1470. The number of hydrogen-bond donors (Lipinski definition) is 12. The molecule has 12 rings (SSSR count). The molecule has 12 unspecified atom stereocenters. The first-order valence-electron chi connectivity index (χ1n) is 23.7. The molecule has 22 nitrogen and oxygen atoms in total. The molecule has 0 saturated carbocycles. The van der Waals surface area contributed by atoms with E-state index in [0.717, 1.165) is 0 Å². The van der Waals surface area contributed by atoms with Crippen LogP contribution in [0.1, 0.15) is 58.3 Å². The van der Waals surface area contributed by atoms with Gasteiger partial charge >= 0.3 is 0 Å². The summed E-state index contributed by atoms with van der Waals surface area (Å²) in [5.74, 6) is 1.07. The summed E-state index contributed by atoms with van der Waals surface area (Å²) in [6.45, 7) is 9.37. The molecular weight excluding hydrogens is 939 g/mol. The zero-order valence-corrected chi connectivity index (χ0v) is 40.2. The minimum absolute atomic E-state index is 0.181. The number of carbonyl (C=O) groups excluding carboxylic acids is 1. The van der Waals surface area contributed by atoms with E-state index in [-0.39, 0.29) is 32.5 Å². The third-order valence-electron chi connectivity index (χ3n) is 13.5. The van der Waals surface area contributed by atoms with Gasteiger partial charge in [-0.05, 0) is 50.0 Å². The maximum absolute atomic E-state index is 12.6. The highest BCUT2D eigenvalue weighted by atomic mass is 32.2. The normalized spacial score (nSPS) is 41.4. The highest BCUT2D eigenvalue weighted by Crippen LogP contribution is 2.38. The first-order chi connectivity index (χ1) is 32.6. The lowest BCUT2D eigenvalue weighted by atomic mass is 9.85. The number of rotatable bonds is 18. The lowest BCUT2D eigenvalue weighted by Gasteiger charge is -2.47. The van der Waals surface area contributed by atoms with Gasteiger partial charge in [-0.15, -0.1) is 0 Å². The average molecular weight is 1010 g/mol. The summed E-state index contributed by atoms with van der Waals surface area (Å²) in [5.41, 5.74) is 1.38. The molecule has 12 saturated heterocycles. The summed E-state index contributed by atoms with van der Waals surface area (Å²) in [4.78, 5) is 14.1. The first kappa shape index (κ1) is 55.8. The maximum atomic E-state index is 12.6. The van der Waals surface area contributed by atoms with Gasteiger partial charge in [-0.3, -0.25) is 4.79 Å². The summed E-state index contributed by atoms with van der Waals surface area (Å²) in [6, 6.07) is 0. The van der Waals surface area contributed by atoms with E-state index in [1.807, 2.05) is 0 Å². The van der Waals surface area contributed by atoms with Crippen LogP contribution >= 0.6 is 23.5 Å². The van der Waals surface area contributed by atoms with Gasteiger partial charge in [0.05, 0.1) is 51.0 Å². The van der Waals surface area contributed by atoms with Crippen LogP contribution in [0.25, 0.3) is 0 Å². The molecule has 1 amide bonds. The number of amides is 1. The highest BCUT2D eigenvalue weighted by Gasteiger charge is 2.53. The summed E-state index contributed by atoms with van der Waals surface area (Å²) in [7, 11) is 0. The Labute approximate surface area is 405 Å². The van der Waals surface area contributed by atoms with Crippen molar-refractivity contribution in [2.75, 3.05) is 62.8 Å². The molecule has 0 aromatic rings. The van der Waals surface area contributed by atoms with Crippen molar-refractivity contribution in [2.45, 2.75) is 169 Å². The molecule has 0 aromatic heterocycles. The molecule has 0 radical (unpaired) electrons. The lowest BCUT2D eigenvalue weighted by Crippen LogP contribution is -2.63. The summed E-state index contributed by atoms with van der Waals surface area (Å²) in [6.07, 6.45) is -17.6. The highest BCUT2D eigenvalue weighted by molar-refractivity contribution is 7.99. The molecule has 68 heavy (non-hydrogen) atoms. The number of carbonyl (C=O) groups is 1. The fourth-order valence-corrected chi connectivity index (χ4v) is 11.5. The second-order valence-corrected chi connectivity index (χ2v) is 20.6. The quantitative estimate of drug-likeness (QED) is 0.0494. The number of aliphatic hydroxyl groups excluding tert-OH is 10. The zero-order chi connectivity index (χ0) is 49.1. The van der Waals surface area contributed by atoms with Crippen LogP contribution in [0.15, 0.2) is 24.6 Å². The van der Waals surface area contributed by atoms with Crippen LogP contribution in [0.2, 0.25) is 0 Å². The third kappa shape index (κ3) is 14.4. The van der Waals surface area contributed by atoms with Gasteiger partial charge in [0.2, 0.25) is 5.91 Å². The van der Waals surface area contributed by atoms with Crippen molar-refractivity contribution in [2.24, 2.45) is 11.8 Å². The third-order valence-corrected chi connectivity index (χ3v) is 15.6. The minimum Gasteiger partial charge on any atom is -0.394 e. The molecule has 0 spiro atoms. The van der Waals surface area contributed by atoms with Crippen molar-refractivity contribution < 1.29 is 93.8 Å². The molecule has 12 heterocycles. The van der Waals surface area contributed by atoms with E-state index in [2.05, 4.69) is 23.8 Å². The molecule has 12 N–H and O–H groups in total. The fraction of sp³-hybridized carbons (Fsp3) is 0.886. The maximum Gasteiger partial charge on any atom is 0.222 e. The van der Waals surface area contributed by atoms with E-state index in [9.17, 15) is 55.9 Å². The monoisotopic (exact) mass is 1010 g/mol. The van der Waals surface area contributed by atoms with Gasteiger partial charge in [0, 0.05) is 54.9 Å². The predicted octanol–water partition coefficient (Wildman–Crippen LogP) is -2.62. The topological polar surface area (TPSA) is 321 Å². The van der Waals surface area contributed by atoms with Crippen molar-refractivity contribution in [1.29, 1.82) is 0 Å². The summed E-state index contributed by atoms with van der Waals surface area (Å²) in [5, 5.41) is 114. The smallest absolute Gasteiger partial charge is 0.222 e. The second-order valence-electron chi connectivity index (χ2n) is 18.3. The first-order valence-corrected chi connectivity index (χ1v) is 26.0. The van der Waals surface area contributed by atoms with Crippen LogP contribution in [-0.4, -0.2) is 235 Å². The van der Waals surface area contributed by atoms with Crippen molar-refractivity contribution in [3.8, 4) is 0 Å². The number of thioether (sulfide) groups is 2. The van der Waals surface area contributed by atoms with Gasteiger partial charge in [0.1, 0.15) is 61.0 Å². The van der Waals surface area contributed by atoms with E-state index in [1.165, 1.54) is 6.92 Å². The standard InChI is InChI=1S/C44H75N3O19S2/c1-22(10-14-67-18-29-25-8-4-6-12-59-41-37(57)33(53)39(27(16-48)61-41)65-43(63-29)35(55)31(25)51)45-20-47(24(3)50)21-46-23(2)11-15-68-19-30-26-9-5-7-13-60-42-38(58)34(54)40(28(17-49)62-42)66-44(64-30)36(56)32(26)52/h25-46,48-49,51-58H,1-2,4-21H2,3H3/t25?,26?,27?,28?,29?,30?,31-,32-,33+,34+,35?,36?,37?,38?,39?,40?,41-,42-,43+,44+/m0/s1. The molecule has 0 aromatic carbocycles. The van der Waals surface area contributed by atoms with E-state index < -0.39 is 136 Å². The molecule has 8 bridgehead atoms. The van der Waals surface area contributed by atoms with Crippen LogP contribution in [0, 0.1) is 11.8 Å². The molecule has 12 aliphatic heterocycles. The molecule has 20 atom stereocenters. The Hall–Kier alpha value is -1.47. The van der Waals surface area contributed by atoms with Gasteiger partial charge in [0.25, 0.3) is 0 Å². The van der Waals surface area contributed by atoms with Gasteiger partial charge in [-0.1, -0.05) is 26.0 Å². The van der Waals surface area contributed by atoms with E-state index in [0.29, 0.717) is 85.8 Å². The number of nitrogens with zero attached hydrogens (tertiary/aromatic N) is 1. The van der Waals surface area contributed by atoms with Crippen LogP contribution < -0.4 is 10.6 Å². The Kier molecular flexibility index (Phi) is 22.2. The van der Waals surface area contributed by atoms with Gasteiger partial charge in [-0.25, -0.2) is 0 Å². The van der Waals surface area contributed by atoms with Crippen molar-refractivity contribution in [3.05, 3.63) is 24.6 Å². The van der Waals surface area contributed by atoms with Crippen LogP contribution in [-0.2, 0) is 42.7 Å². The summed E-state index contributed by atoms with van der Waals surface area (Å²) < 4.78 is 47.0. The molecule has 24 heteroatoms. The molecule has 12 aliphatic rings. The van der Waals surface area contributed by atoms with Gasteiger partial charge in [0.15, 0.2) is 25.2 Å². The van der Waals surface area contributed by atoms with Crippen molar-refractivity contribution in [1.82, 2.24) is 15.5 Å². The molecular formula is C44H75N3O19S2. The second kappa shape index (κ2) is 27.0. The van der Waals surface area contributed by atoms with Gasteiger partial charge in [-0.2, -0.15) is 23.5 Å². The Morgan fingerprint density at radius 2 is 0.926 bits per heavy atom. The molecule has 0 aliphatic carbocycles. The van der Waals surface area contributed by atoms with E-state index >= 15 is 0 Å². The minimum atomic E-state index is -1.52. The Morgan fingerprint density at radius 3 is 1.31 bits per heavy atom. The van der Waals surface area contributed by atoms with E-state index in [1.54, 1.807) is 28.4 Å². The Balaban J connectivity index is 0.918. The largest absolute Gasteiger partial charge is 0.394 e. The lowest BCUT2D eigenvalue weighted by molar-refractivity contribution is -0.354. The average Bonchev–Trinajstić information content (AvgIpc) is 3.31. The van der Waals surface area contributed by atoms with E-state index in [4.69, 9.17) is 37.9 Å². The molecule has 392 valence electrons. The number of allylic oxidation sites excluding steroid dienone is 2. The van der Waals surface area contributed by atoms with Gasteiger partial charge < -0.3 is 104 Å². The van der Waals surface area contributed by atoms with Crippen molar-refractivity contribution in [3.63, 3.8) is 0 Å². The zero-order valence-electron chi connectivity index (χ0n) is 38.6. The van der Waals surface area contributed by atoms with Crippen LogP contribution in [0.4, 0.5) is 0 Å². The fourth-order valence-electron chi connectivity index (χ4n) is 9.29.